The van der Waals surface area contributed by atoms with Gasteiger partial charge in [0, 0.05) is 0 Å². The monoisotopic (exact) mass is 63.0 g/mol. The van der Waals surface area contributed by atoms with Crippen LogP contribution in [0, 0.1) is 0 Å². The second-order valence-corrected chi connectivity index (χ2v) is 0.543. The molecule has 0 aliphatic heterocycles. The summed E-state index contributed by atoms with van der Waals surface area (Å²) in [5.41, 5.74) is 0. The molecule has 0 aliphatic rings. The molecule has 0 aromatic heterocycles. The van der Waals surface area contributed by atoms with Crippen molar-refractivity contribution in [2.75, 3.05) is 0 Å². The molecule has 0 fully saturated rings. The van der Waals surface area contributed by atoms with Gasteiger partial charge >= 0.3 is 0 Å². The molecule has 1 radical (unpaired) electrons. The van der Waals surface area contributed by atoms with Crippen LogP contribution in [0.1, 0.15) is 6.92 Å². The topological polar surface area (TPSA) is 19.9 Å². The lowest BCUT2D eigenvalue weighted by Crippen LogP contribution is -1.78. The van der Waals surface area contributed by atoms with Gasteiger partial charge in [0.25, 0.3) is 0 Å². The largest absolute Gasteiger partial charge is 0.228 e. The van der Waals surface area contributed by atoms with Gasteiger partial charge in [-0.15, -0.1) is 0 Å². The summed E-state index contributed by atoms with van der Waals surface area (Å²) >= 11 is 0. The first-order valence-electron chi connectivity index (χ1n) is 1.03. The quantitative estimate of drug-likeness (QED) is 0.395. The van der Waals surface area contributed by atoms with E-state index in [1.54, 1.807) is 0 Å². The first kappa shape index (κ1) is 3.89. The van der Waals surface area contributed by atoms with E-state index >= 15 is 0 Å². The fourth-order valence-corrected chi connectivity index (χ4v) is 0. The van der Waals surface area contributed by atoms with Gasteiger partial charge in [0.1, 0.15) is 0 Å². The summed E-state index contributed by atoms with van der Waals surface area (Å²) in [6.07, 6.45) is -1.92. The molecule has 0 aromatic rings. The van der Waals surface area contributed by atoms with Crippen LogP contribution in [0.4, 0.5) is 4.39 Å². The lowest BCUT2D eigenvalue weighted by molar-refractivity contribution is -0.00571. The minimum Gasteiger partial charge on any atom is -0.213 e. The van der Waals surface area contributed by atoms with E-state index in [9.17, 15) is 4.39 Å². The van der Waals surface area contributed by atoms with E-state index in [1.165, 1.54) is 0 Å². The van der Waals surface area contributed by atoms with E-state index in [0.29, 0.717) is 0 Å². The van der Waals surface area contributed by atoms with Crippen LogP contribution in [0.15, 0.2) is 0 Å². The van der Waals surface area contributed by atoms with Gasteiger partial charge in [-0.2, -0.15) is 5.11 Å². The molecule has 0 aliphatic carbocycles. The average Bonchev–Trinajstić information content (AvgIpc) is 0.811. The van der Waals surface area contributed by atoms with E-state index < -0.39 is 6.36 Å². The molecule has 0 N–H and O–H groups in total. The third-order valence-electron chi connectivity index (χ3n) is 0. The van der Waals surface area contributed by atoms with Crippen LogP contribution in [-0.2, 0) is 5.11 Å². The maximum absolute atomic E-state index is 10.4. The molecule has 0 spiro atoms. The molecule has 0 saturated carbocycles. The Kier molecular flexibility index (Phi) is 1.20. The smallest absolute Gasteiger partial charge is 0.213 e. The van der Waals surface area contributed by atoms with Crippen LogP contribution < -0.4 is 0 Å². The van der Waals surface area contributed by atoms with E-state index in [0.717, 1.165) is 6.92 Å². The highest BCUT2D eigenvalue weighted by Crippen LogP contribution is 1.73. The summed E-state index contributed by atoms with van der Waals surface area (Å²) in [5, 5.41) is 8.86. The summed E-state index contributed by atoms with van der Waals surface area (Å²) in [7, 11) is 0. The summed E-state index contributed by atoms with van der Waals surface area (Å²) in [6, 6.07) is 0. The van der Waals surface area contributed by atoms with Gasteiger partial charge in [-0.3, -0.25) is 0 Å². The van der Waals surface area contributed by atoms with Crippen molar-refractivity contribution in [1.29, 1.82) is 0 Å². The molecule has 4 heavy (non-hydrogen) atoms. The van der Waals surface area contributed by atoms with Crippen molar-refractivity contribution in [3.8, 4) is 0 Å². The van der Waals surface area contributed by atoms with Gasteiger partial charge in [-0.1, -0.05) is 0 Å². The van der Waals surface area contributed by atoms with Gasteiger partial charge in [0.05, 0.1) is 0 Å². The normalized spacial score (nSPS) is 15.8. The van der Waals surface area contributed by atoms with E-state index in [4.69, 9.17) is 5.11 Å². The van der Waals surface area contributed by atoms with Gasteiger partial charge in [0.2, 0.25) is 6.36 Å². The van der Waals surface area contributed by atoms with Gasteiger partial charge in [0.15, 0.2) is 0 Å². The molecule has 0 heterocycles. The minimum atomic E-state index is -1.92. The summed E-state index contributed by atoms with van der Waals surface area (Å²) < 4.78 is 10.4. The fraction of sp³-hybridized carbons (Fsp3) is 1.00. The lowest BCUT2D eigenvalue weighted by Gasteiger charge is -1.70. The van der Waals surface area contributed by atoms with Crippen molar-refractivity contribution in [2.45, 2.75) is 13.3 Å². The standard InChI is InChI=1S/C2H4FO/c1-2(3)4/h2H,1H3. The highest BCUT2D eigenvalue weighted by atomic mass is 19.1. The minimum absolute atomic E-state index is 0.944. The Morgan fingerprint density at radius 3 is 2.00 bits per heavy atom. The molecule has 0 rings (SSSR count). The number of rotatable bonds is 0. The molecule has 1 nitrogen and oxygen atoms in total. The lowest BCUT2D eigenvalue weighted by atomic mass is 10.8. The predicted molar refractivity (Wildman–Crippen MR) is 11.3 cm³/mol. The number of hydrogen-bond donors (Lipinski definition) is 0. The van der Waals surface area contributed by atoms with Crippen molar-refractivity contribution < 1.29 is 9.50 Å². The molecule has 1 atom stereocenters. The molecule has 0 amide bonds. The SMILES string of the molecule is CC([O])F. The van der Waals surface area contributed by atoms with Crippen molar-refractivity contribution in [1.82, 2.24) is 0 Å². The first-order chi connectivity index (χ1) is 1.73. The van der Waals surface area contributed by atoms with Crippen LogP contribution in [0.5, 0.6) is 0 Å². The number of hydrogen-bond acceptors (Lipinski definition) is 0. The number of alkyl halides is 1. The zero-order valence-electron chi connectivity index (χ0n) is 2.36. The summed E-state index contributed by atoms with van der Waals surface area (Å²) in [6.45, 7) is 0.944. The van der Waals surface area contributed by atoms with Crippen LogP contribution in [0.2, 0.25) is 0 Å². The number of halogens is 1. The van der Waals surface area contributed by atoms with Crippen LogP contribution >= 0.6 is 0 Å². The summed E-state index contributed by atoms with van der Waals surface area (Å²) in [5.74, 6) is 0. The highest BCUT2D eigenvalue weighted by Gasteiger charge is 1.79. The Labute approximate surface area is 24.1 Å². The van der Waals surface area contributed by atoms with Crippen molar-refractivity contribution >= 4 is 0 Å². The molecular weight excluding hydrogens is 59.0 g/mol. The molecule has 25 valence electrons. The Morgan fingerprint density at radius 2 is 2.00 bits per heavy atom. The van der Waals surface area contributed by atoms with Crippen molar-refractivity contribution in [3.63, 3.8) is 0 Å². The second-order valence-electron chi connectivity index (χ2n) is 0.543. The Balaban J connectivity index is 2.32. The molecule has 0 saturated heterocycles. The van der Waals surface area contributed by atoms with Crippen molar-refractivity contribution in [3.05, 3.63) is 0 Å². The maximum atomic E-state index is 10.4. The van der Waals surface area contributed by atoms with Crippen LogP contribution in [-0.4, -0.2) is 6.36 Å². The average molecular weight is 63.1 g/mol. The molecular formula is C2H4FO. The molecule has 1 unspecified atom stereocenters. The third kappa shape index (κ3) is 124. The maximum Gasteiger partial charge on any atom is 0.228 e. The molecule has 2 heteroatoms. The zero-order chi connectivity index (χ0) is 3.58. The van der Waals surface area contributed by atoms with Crippen LogP contribution in [0.3, 0.4) is 0 Å². The third-order valence-corrected chi connectivity index (χ3v) is 0. The van der Waals surface area contributed by atoms with Gasteiger partial charge < -0.3 is 0 Å². The highest BCUT2D eigenvalue weighted by molar-refractivity contribution is 4.03. The van der Waals surface area contributed by atoms with Gasteiger partial charge in [-0.25, -0.2) is 4.39 Å². The second kappa shape index (κ2) is 1.24. The van der Waals surface area contributed by atoms with Gasteiger partial charge in [-0.05, 0) is 6.92 Å². The Hall–Kier alpha value is -0.110. The first-order valence-corrected chi connectivity index (χ1v) is 1.03. The predicted octanol–water partition coefficient (Wildman–Crippen LogP) is 0.732. The fourth-order valence-electron chi connectivity index (χ4n) is 0. The molecule has 0 bridgehead atoms. The zero-order valence-corrected chi connectivity index (χ0v) is 2.36. The van der Waals surface area contributed by atoms with E-state index in [-0.39, 0.29) is 0 Å². The summed E-state index contributed by atoms with van der Waals surface area (Å²) in [4.78, 5) is 0. The Morgan fingerprint density at radius 1 is 2.00 bits per heavy atom. The van der Waals surface area contributed by atoms with Crippen molar-refractivity contribution in [2.24, 2.45) is 0 Å². The van der Waals surface area contributed by atoms with Crippen LogP contribution in [0.25, 0.3) is 0 Å². The van der Waals surface area contributed by atoms with E-state index in [1.807, 2.05) is 0 Å². The van der Waals surface area contributed by atoms with E-state index in [2.05, 4.69) is 0 Å². The molecule has 0 aromatic carbocycles. The Bertz CT molecular complexity index is 10.8.